The number of anilines is 1. The van der Waals surface area contributed by atoms with E-state index < -0.39 is 17.2 Å². The molecule has 130 valence electrons. The highest BCUT2D eigenvalue weighted by Gasteiger charge is 2.17. The van der Waals surface area contributed by atoms with Crippen molar-refractivity contribution in [1.82, 2.24) is 9.78 Å². The third-order valence-corrected chi connectivity index (χ3v) is 4.90. The largest absolute Gasteiger partial charge is 0.364 e. The molecule has 4 nitrogen and oxygen atoms in total. The number of nitrogens with zero attached hydrogens (tertiary/aromatic N) is 3. The molecular formula is C17H14ClF2N3OS. The molecule has 0 spiro atoms. The quantitative estimate of drug-likeness (QED) is 0.663. The number of hydrogen-bond donors (Lipinski definition) is 0. The first-order valence-electron chi connectivity index (χ1n) is 7.52. The number of hydrogen-bond acceptors (Lipinski definition) is 4. The van der Waals surface area contributed by atoms with Gasteiger partial charge in [0.05, 0.1) is 18.4 Å². The van der Waals surface area contributed by atoms with Crippen molar-refractivity contribution < 1.29 is 8.78 Å². The van der Waals surface area contributed by atoms with Crippen LogP contribution in [0.2, 0.25) is 5.02 Å². The maximum atomic E-state index is 13.9. The highest BCUT2D eigenvalue weighted by atomic mass is 35.5. The molecule has 0 fully saturated rings. The fourth-order valence-electron chi connectivity index (χ4n) is 2.43. The lowest BCUT2D eigenvalue weighted by Crippen LogP contribution is -2.28. The van der Waals surface area contributed by atoms with Crippen molar-refractivity contribution in [2.45, 2.75) is 13.5 Å². The van der Waals surface area contributed by atoms with Gasteiger partial charge in [-0.2, -0.15) is 9.78 Å². The van der Waals surface area contributed by atoms with Crippen molar-refractivity contribution in [2.24, 2.45) is 0 Å². The van der Waals surface area contributed by atoms with Gasteiger partial charge in [0.2, 0.25) is 0 Å². The summed E-state index contributed by atoms with van der Waals surface area (Å²) in [4.78, 5) is 15.6. The zero-order chi connectivity index (χ0) is 18.0. The van der Waals surface area contributed by atoms with E-state index in [0.717, 1.165) is 21.7 Å². The molecule has 0 atom stereocenters. The molecular weight excluding hydrogens is 368 g/mol. The fourth-order valence-corrected chi connectivity index (χ4v) is 3.39. The molecule has 0 aliphatic rings. The summed E-state index contributed by atoms with van der Waals surface area (Å²) in [6.07, 6.45) is 1.42. The molecule has 0 aliphatic heterocycles. The van der Waals surface area contributed by atoms with Gasteiger partial charge in [0.1, 0.15) is 16.5 Å². The van der Waals surface area contributed by atoms with Gasteiger partial charge in [-0.1, -0.05) is 17.7 Å². The summed E-state index contributed by atoms with van der Waals surface area (Å²) < 4.78 is 27.8. The van der Waals surface area contributed by atoms with Gasteiger partial charge in [-0.05, 0) is 30.5 Å². The lowest BCUT2D eigenvalue weighted by molar-refractivity contribution is 0.570. The van der Waals surface area contributed by atoms with E-state index in [4.69, 9.17) is 11.6 Å². The number of rotatable bonds is 5. The van der Waals surface area contributed by atoms with Gasteiger partial charge in [-0.15, -0.1) is 11.3 Å². The van der Waals surface area contributed by atoms with Gasteiger partial charge < -0.3 is 4.90 Å². The van der Waals surface area contributed by atoms with Crippen molar-refractivity contribution in [2.75, 3.05) is 11.4 Å². The molecule has 0 N–H and O–H groups in total. The summed E-state index contributed by atoms with van der Waals surface area (Å²) in [5.74, 6) is -1.62. The second kappa shape index (κ2) is 7.33. The lowest BCUT2D eigenvalue weighted by Gasteiger charge is -2.23. The van der Waals surface area contributed by atoms with E-state index in [1.807, 2.05) is 29.3 Å². The molecule has 8 heteroatoms. The molecule has 0 unspecified atom stereocenters. The molecule has 0 saturated carbocycles. The van der Waals surface area contributed by atoms with Gasteiger partial charge in [-0.25, -0.2) is 8.78 Å². The maximum absolute atomic E-state index is 13.9. The maximum Gasteiger partial charge on any atom is 0.292 e. The molecule has 0 aliphatic carbocycles. The van der Waals surface area contributed by atoms with Crippen molar-refractivity contribution in [1.29, 1.82) is 0 Å². The Morgan fingerprint density at radius 2 is 2.12 bits per heavy atom. The van der Waals surface area contributed by atoms with E-state index >= 15 is 0 Å². The number of thiophene rings is 1. The Bertz CT molecular complexity index is 944. The molecule has 0 saturated heterocycles. The third-order valence-electron chi connectivity index (χ3n) is 3.69. The summed E-state index contributed by atoms with van der Waals surface area (Å²) in [6.45, 7) is 3.15. The molecule has 2 heterocycles. The van der Waals surface area contributed by atoms with Crippen LogP contribution in [-0.4, -0.2) is 16.3 Å². The average molecular weight is 382 g/mol. The SMILES string of the molecule is CCN(Cc1cccs1)c1cnn(-c2ccc(F)cc2F)c(=O)c1Cl. The van der Waals surface area contributed by atoms with Crippen LogP contribution < -0.4 is 10.5 Å². The van der Waals surface area contributed by atoms with Crippen LogP contribution in [0.3, 0.4) is 0 Å². The first-order valence-corrected chi connectivity index (χ1v) is 8.77. The Labute approximate surface area is 151 Å². The summed E-state index contributed by atoms with van der Waals surface area (Å²) in [5, 5.41) is 5.93. The van der Waals surface area contributed by atoms with E-state index in [9.17, 15) is 13.6 Å². The van der Waals surface area contributed by atoms with Crippen molar-refractivity contribution in [3.63, 3.8) is 0 Å². The molecule has 0 radical (unpaired) electrons. The normalized spacial score (nSPS) is 10.9. The minimum absolute atomic E-state index is 0.0582. The van der Waals surface area contributed by atoms with Crippen LogP contribution in [-0.2, 0) is 6.54 Å². The average Bonchev–Trinajstić information content (AvgIpc) is 3.09. The molecule has 3 aromatic rings. The Balaban J connectivity index is 2.01. The molecule has 0 amide bonds. The molecule has 1 aromatic carbocycles. The summed E-state index contributed by atoms with van der Waals surface area (Å²) in [6, 6.07) is 6.84. The predicted molar refractivity (Wildman–Crippen MR) is 95.8 cm³/mol. The minimum atomic E-state index is -0.885. The van der Waals surface area contributed by atoms with E-state index in [1.165, 1.54) is 6.20 Å². The first-order chi connectivity index (χ1) is 12.0. The van der Waals surface area contributed by atoms with E-state index in [1.54, 1.807) is 11.3 Å². The van der Waals surface area contributed by atoms with Crippen LogP contribution in [0.5, 0.6) is 0 Å². The first kappa shape index (κ1) is 17.6. The van der Waals surface area contributed by atoms with E-state index in [0.29, 0.717) is 24.8 Å². The number of halogens is 3. The highest BCUT2D eigenvalue weighted by Crippen LogP contribution is 2.25. The highest BCUT2D eigenvalue weighted by molar-refractivity contribution is 7.09. The minimum Gasteiger partial charge on any atom is -0.364 e. The van der Waals surface area contributed by atoms with Crippen molar-refractivity contribution in [3.8, 4) is 5.69 Å². The molecule has 0 bridgehead atoms. The van der Waals surface area contributed by atoms with E-state index in [-0.39, 0.29) is 10.7 Å². The van der Waals surface area contributed by atoms with Gasteiger partial charge in [0.25, 0.3) is 5.56 Å². The standard InChI is InChI=1S/C17H14ClF2N3OS/c1-2-22(10-12-4-3-7-25-12)15-9-21-23(17(24)16(15)18)14-6-5-11(19)8-13(14)20/h3-9H,2,10H2,1H3. The van der Waals surface area contributed by atoms with Crippen LogP contribution in [0.4, 0.5) is 14.5 Å². The zero-order valence-corrected chi connectivity index (χ0v) is 14.8. The second-order valence-corrected chi connectivity index (χ2v) is 6.66. The Morgan fingerprint density at radius 3 is 2.76 bits per heavy atom. The summed E-state index contributed by atoms with van der Waals surface area (Å²) in [5.41, 5.74) is -0.336. The van der Waals surface area contributed by atoms with Crippen LogP contribution >= 0.6 is 22.9 Å². The number of benzene rings is 1. The smallest absolute Gasteiger partial charge is 0.292 e. The summed E-state index contributed by atoms with van der Waals surface area (Å²) >= 11 is 7.84. The van der Waals surface area contributed by atoms with Gasteiger partial charge in [0, 0.05) is 17.5 Å². The van der Waals surface area contributed by atoms with Crippen LogP contribution in [0.15, 0.2) is 46.7 Å². The lowest BCUT2D eigenvalue weighted by atomic mass is 10.3. The second-order valence-electron chi connectivity index (χ2n) is 5.25. The van der Waals surface area contributed by atoms with Crippen molar-refractivity contribution >= 4 is 28.6 Å². The van der Waals surface area contributed by atoms with E-state index in [2.05, 4.69) is 5.10 Å². The van der Waals surface area contributed by atoms with Crippen LogP contribution in [0.25, 0.3) is 5.69 Å². The van der Waals surface area contributed by atoms with Crippen molar-refractivity contribution in [3.05, 3.63) is 73.8 Å². The Hall–Kier alpha value is -2.25. The molecule has 25 heavy (non-hydrogen) atoms. The predicted octanol–water partition coefficient (Wildman–Crippen LogP) is 4.25. The van der Waals surface area contributed by atoms with Crippen LogP contribution in [0, 0.1) is 11.6 Å². The fraction of sp³-hybridized carbons (Fsp3) is 0.176. The number of aromatic nitrogens is 2. The molecule has 2 aromatic heterocycles. The van der Waals surface area contributed by atoms with Gasteiger partial charge >= 0.3 is 0 Å². The zero-order valence-electron chi connectivity index (χ0n) is 13.2. The topological polar surface area (TPSA) is 38.1 Å². The summed E-state index contributed by atoms with van der Waals surface area (Å²) in [7, 11) is 0. The monoisotopic (exact) mass is 381 g/mol. The Morgan fingerprint density at radius 1 is 1.32 bits per heavy atom. The Kier molecular flexibility index (Phi) is 5.15. The van der Waals surface area contributed by atoms with Gasteiger partial charge in [0.15, 0.2) is 5.82 Å². The third kappa shape index (κ3) is 3.57. The van der Waals surface area contributed by atoms with Crippen LogP contribution in [0.1, 0.15) is 11.8 Å². The molecule has 3 rings (SSSR count). The van der Waals surface area contributed by atoms with Gasteiger partial charge in [-0.3, -0.25) is 4.79 Å².